The molecule has 1 nitrogen and oxygen atoms in total. The van der Waals surface area contributed by atoms with Gasteiger partial charge in [0.2, 0.25) is 0 Å². The number of alkyl halides is 1. The Kier molecular flexibility index (Phi) is 4.01. The van der Waals surface area contributed by atoms with Crippen molar-refractivity contribution in [3.05, 3.63) is 0 Å². The SMILES string of the molecule is CCC1CCC(C(F)C2CCCN2)CC1. The summed E-state index contributed by atoms with van der Waals surface area (Å²) in [5.41, 5.74) is 0. The van der Waals surface area contributed by atoms with Gasteiger partial charge in [0, 0.05) is 6.04 Å². The summed E-state index contributed by atoms with van der Waals surface area (Å²) in [4.78, 5) is 0. The van der Waals surface area contributed by atoms with Crippen molar-refractivity contribution >= 4 is 0 Å². The molecular formula is C13H24FN. The molecule has 1 aliphatic carbocycles. The molecule has 1 N–H and O–H groups in total. The second kappa shape index (κ2) is 5.29. The standard InChI is InChI=1S/C13H24FN/c1-2-10-5-7-11(8-6-10)13(14)12-4-3-9-15-12/h10-13,15H,2-9H2,1H3. The molecule has 0 radical (unpaired) electrons. The van der Waals surface area contributed by atoms with Crippen LogP contribution in [0, 0.1) is 11.8 Å². The van der Waals surface area contributed by atoms with Crippen LogP contribution in [0.25, 0.3) is 0 Å². The zero-order valence-electron chi connectivity index (χ0n) is 9.84. The second-order valence-electron chi connectivity index (χ2n) is 5.34. The number of rotatable bonds is 3. The predicted octanol–water partition coefficient (Wildman–Crippen LogP) is 3.29. The van der Waals surface area contributed by atoms with E-state index >= 15 is 0 Å². The smallest absolute Gasteiger partial charge is 0.118 e. The lowest BCUT2D eigenvalue weighted by Crippen LogP contribution is -2.38. The first-order valence-corrected chi connectivity index (χ1v) is 6.68. The van der Waals surface area contributed by atoms with Gasteiger partial charge in [0.15, 0.2) is 0 Å². The van der Waals surface area contributed by atoms with Crippen LogP contribution in [0.2, 0.25) is 0 Å². The maximum absolute atomic E-state index is 14.2. The average molecular weight is 213 g/mol. The highest BCUT2D eigenvalue weighted by molar-refractivity contribution is 4.88. The summed E-state index contributed by atoms with van der Waals surface area (Å²) in [5, 5.41) is 3.30. The molecule has 0 bridgehead atoms. The van der Waals surface area contributed by atoms with E-state index in [2.05, 4.69) is 12.2 Å². The highest BCUT2D eigenvalue weighted by Gasteiger charge is 2.33. The van der Waals surface area contributed by atoms with E-state index in [-0.39, 0.29) is 6.04 Å². The fourth-order valence-electron chi connectivity index (χ4n) is 3.23. The van der Waals surface area contributed by atoms with Crippen LogP contribution in [0.5, 0.6) is 0 Å². The summed E-state index contributed by atoms with van der Waals surface area (Å²) in [7, 11) is 0. The topological polar surface area (TPSA) is 12.0 Å². The molecule has 2 aliphatic rings. The third kappa shape index (κ3) is 2.72. The first-order valence-electron chi connectivity index (χ1n) is 6.68. The highest BCUT2D eigenvalue weighted by atomic mass is 19.1. The molecule has 1 saturated carbocycles. The third-order valence-electron chi connectivity index (χ3n) is 4.40. The Labute approximate surface area is 92.8 Å². The van der Waals surface area contributed by atoms with Crippen LogP contribution >= 0.6 is 0 Å². The molecule has 2 rings (SSSR count). The number of hydrogen-bond acceptors (Lipinski definition) is 1. The summed E-state index contributed by atoms with van der Waals surface area (Å²) in [6, 6.07) is 0.174. The summed E-state index contributed by atoms with van der Waals surface area (Å²) >= 11 is 0. The van der Waals surface area contributed by atoms with Crippen LogP contribution in [-0.2, 0) is 0 Å². The molecule has 0 spiro atoms. The Hall–Kier alpha value is -0.110. The molecule has 0 aromatic carbocycles. The molecule has 2 heteroatoms. The van der Waals surface area contributed by atoms with Crippen molar-refractivity contribution in [3.8, 4) is 0 Å². The van der Waals surface area contributed by atoms with Crippen LogP contribution in [0.4, 0.5) is 4.39 Å². The Morgan fingerprint density at radius 1 is 1.20 bits per heavy atom. The van der Waals surface area contributed by atoms with Crippen molar-refractivity contribution in [2.45, 2.75) is 64.1 Å². The normalized spacial score (nSPS) is 39.2. The second-order valence-corrected chi connectivity index (χ2v) is 5.34. The minimum Gasteiger partial charge on any atom is -0.311 e. The van der Waals surface area contributed by atoms with Crippen LogP contribution in [0.3, 0.4) is 0 Å². The molecule has 0 aromatic rings. The summed E-state index contributed by atoms with van der Waals surface area (Å²) in [6.45, 7) is 3.28. The monoisotopic (exact) mass is 213 g/mol. The largest absolute Gasteiger partial charge is 0.311 e. The van der Waals surface area contributed by atoms with Crippen LogP contribution in [0.15, 0.2) is 0 Å². The van der Waals surface area contributed by atoms with Gasteiger partial charge in [-0.2, -0.15) is 0 Å². The van der Waals surface area contributed by atoms with E-state index in [1.54, 1.807) is 0 Å². The summed E-state index contributed by atoms with van der Waals surface area (Å²) < 4.78 is 14.2. The molecule has 0 amide bonds. The molecule has 1 saturated heterocycles. The van der Waals surface area contributed by atoms with Crippen LogP contribution in [0.1, 0.15) is 51.9 Å². The van der Waals surface area contributed by atoms with Gasteiger partial charge in [0.1, 0.15) is 6.17 Å². The van der Waals surface area contributed by atoms with Gasteiger partial charge in [-0.3, -0.25) is 0 Å². The fraction of sp³-hybridized carbons (Fsp3) is 1.00. The molecular weight excluding hydrogens is 189 g/mol. The number of hydrogen-bond donors (Lipinski definition) is 1. The quantitative estimate of drug-likeness (QED) is 0.758. The van der Waals surface area contributed by atoms with Gasteiger partial charge in [-0.1, -0.05) is 26.2 Å². The Morgan fingerprint density at radius 2 is 1.93 bits per heavy atom. The van der Waals surface area contributed by atoms with Gasteiger partial charge >= 0.3 is 0 Å². The van der Waals surface area contributed by atoms with E-state index in [9.17, 15) is 4.39 Å². The van der Waals surface area contributed by atoms with Crippen LogP contribution in [-0.4, -0.2) is 18.8 Å². The van der Waals surface area contributed by atoms with E-state index in [0.717, 1.165) is 38.1 Å². The Bertz CT molecular complexity index is 181. The maximum Gasteiger partial charge on any atom is 0.118 e. The molecule has 2 atom stereocenters. The first-order chi connectivity index (χ1) is 7.31. The van der Waals surface area contributed by atoms with E-state index in [4.69, 9.17) is 0 Å². The maximum atomic E-state index is 14.2. The lowest BCUT2D eigenvalue weighted by molar-refractivity contribution is 0.125. The molecule has 88 valence electrons. The molecule has 0 aromatic heterocycles. The van der Waals surface area contributed by atoms with Gasteiger partial charge in [0.25, 0.3) is 0 Å². The van der Waals surface area contributed by atoms with Gasteiger partial charge in [-0.25, -0.2) is 4.39 Å². The number of halogens is 1. The Balaban J connectivity index is 1.78. The van der Waals surface area contributed by atoms with E-state index in [1.807, 2.05) is 0 Å². The van der Waals surface area contributed by atoms with Crippen molar-refractivity contribution in [3.63, 3.8) is 0 Å². The van der Waals surface area contributed by atoms with Crippen molar-refractivity contribution < 1.29 is 4.39 Å². The van der Waals surface area contributed by atoms with E-state index < -0.39 is 6.17 Å². The zero-order chi connectivity index (χ0) is 10.7. The van der Waals surface area contributed by atoms with Crippen molar-refractivity contribution in [2.75, 3.05) is 6.54 Å². The van der Waals surface area contributed by atoms with E-state index in [1.165, 1.54) is 19.3 Å². The summed E-state index contributed by atoms with van der Waals surface area (Å²) in [5.74, 6) is 1.23. The zero-order valence-corrected chi connectivity index (χ0v) is 9.84. The van der Waals surface area contributed by atoms with Crippen molar-refractivity contribution in [1.82, 2.24) is 5.32 Å². The van der Waals surface area contributed by atoms with E-state index in [0.29, 0.717) is 5.92 Å². The van der Waals surface area contributed by atoms with Gasteiger partial charge in [-0.15, -0.1) is 0 Å². The third-order valence-corrected chi connectivity index (χ3v) is 4.40. The number of nitrogens with one attached hydrogen (secondary N) is 1. The molecule has 2 fully saturated rings. The van der Waals surface area contributed by atoms with Gasteiger partial charge < -0.3 is 5.32 Å². The minimum absolute atomic E-state index is 0.174. The minimum atomic E-state index is -0.578. The average Bonchev–Trinajstić information content (AvgIpc) is 2.82. The van der Waals surface area contributed by atoms with Crippen LogP contribution < -0.4 is 5.32 Å². The van der Waals surface area contributed by atoms with Gasteiger partial charge in [0.05, 0.1) is 0 Å². The fourth-order valence-corrected chi connectivity index (χ4v) is 3.23. The Morgan fingerprint density at radius 3 is 2.47 bits per heavy atom. The van der Waals surface area contributed by atoms with Crippen molar-refractivity contribution in [2.24, 2.45) is 11.8 Å². The molecule has 1 aliphatic heterocycles. The lowest BCUT2D eigenvalue weighted by atomic mass is 9.77. The first kappa shape index (κ1) is 11.4. The molecule has 1 heterocycles. The summed E-state index contributed by atoms with van der Waals surface area (Å²) in [6.07, 6.45) is 7.68. The van der Waals surface area contributed by atoms with Crippen molar-refractivity contribution in [1.29, 1.82) is 0 Å². The lowest BCUT2D eigenvalue weighted by Gasteiger charge is -2.32. The molecule has 2 unspecified atom stereocenters. The molecule has 15 heavy (non-hydrogen) atoms. The van der Waals surface area contributed by atoms with Gasteiger partial charge in [-0.05, 0) is 44.1 Å². The predicted molar refractivity (Wildman–Crippen MR) is 61.7 cm³/mol. The highest BCUT2D eigenvalue weighted by Crippen LogP contribution is 2.35.